The predicted octanol–water partition coefficient (Wildman–Crippen LogP) is 5.25. The van der Waals surface area contributed by atoms with Crippen molar-refractivity contribution in [3.05, 3.63) is 185 Å². The van der Waals surface area contributed by atoms with Gasteiger partial charge in [-0.05, 0) is 140 Å². The summed E-state index contributed by atoms with van der Waals surface area (Å²) < 4.78 is 0. The van der Waals surface area contributed by atoms with E-state index in [1.165, 1.54) is 29.4 Å². The van der Waals surface area contributed by atoms with Gasteiger partial charge < -0.3 is 210 Å². The minimum atomic E-state index is -1.19. The summed E-state index contributed by atoms with van der Waals surface area (Å²) in [7, 11) is 58.5. The van der Waals surface area contributed by atoms with Crippen molar-refractivity contribution in [3.63, 3.8) is 0 Å². The number of benzene rings is 2. The molecule has 0 saturated carbocycles. The molecule has 0 aliphatic rings. The Morgan fingerprint density at radius 2 is 0.514 bits per heavy atom. The molecule has 798 valence electrons. The molecule has 0 fully saturated rings. The predicted molar refractivity (Wildman–Crippen MR) is 479 cm³/mol. The van der Waals surface area contributed by atoms with Crippen LogP contribution in [-0.2, 0) is 404 Å². The molecule has 0 aromatic heterocycles. The summed E-state index contributed by atoms with van der Waals surface area (Å²) in [6.07, 6.45) is 7.63. The topological polar surface area (TPSA) is 397 Å². The van der Waals surface area contributed by atoms with E-state index in [0.717, 1.165) is 16.0 Å². The van der Waals surface area contributed by atoms with Crippen LogP contribution in [0.2, 0.25) is 0 Å². The van der Waals surface area contributed by atoms with E-state index in [1.54, 1.807) is 4.90 Å². The van der Waals surface area contributed by atoms with Gasteiger partial charge in [-0.25, -0.2) is 0 Å². The number of rotatable bonds is 73. The van der Waals surface area contributed by atoms with Crippen LogP contribution < -0.4 is 58.5 Å². The Hall–Kier alpha value is 2.47. The summed E-state index contributed by atoms with van der Waals surface area (Å²) in [5.74, 6) is -7.57. The number of nitrogens with one attached hydrogen (secondary N) is 11. The van der Waals surface area contributed by atoms with Crippen molar-refractivity contribution >= 4 is 82.2 Å². The number of hydrogen-bond donors (Lipinski definition) is 11. The normalized spacial score (nSPS) is 11.8. The molecule has 2 rings (SSSR count). The summed E-state index contributed by atoms with van der Waals surface area (Å²) in [6.45, 7) is 1.63. The first-order valence-corrected chi connectivity index (χ1v) is 42.8. The van der Waals surface area contributed by atoms with E-state index in [1.807, 2.05) is 60.7 Å². The van der Waals surface area contributed by atoms with Gasteiger partial charge in [0, 0.05) is 453 Å². The van der Waals surface area contributed by atoms with Gasteiger partial charge in [-0.2, -0.15) is 0 Å². The van der Waals surface area contributed by atoms with Crippen molar-refractivity contribution in [2.45, 2.75) is 216 Å². The van der Waals surface area contributed by atoms with Crippen molar-refractivity contribution in [1.29, 1.82) is 0 Å². The van der Waals surface area contributed by atoms with E-state index in [4.69, 9.17) is 0 Å². The zero-order valence-electron chi connectivity index (χ0n) is 80.0. The first kappa shape index (κ1) is 175. The van der Waals surface area contributed by atoms with Crippen LogP contribution in [0.1, 0.15) is 190 Å². The van der Waals surface area contributed by atoms with Crippen molar-refractivity contribution in [2.75, 3.05) is 91.6 Å². The maximum Gasteiger partial charge on any atom is 0.243 e. The van der Waals surface area contributed by atoms with Crippen LogP contribution in [-0.4, -0.2) is 249 Å². The Balaban J connectivity index is -0.000000751. The Kier molecular flexibility index (Phi) is 136. The number of ketones is 4. The average Bonchev–Trinajstić information content (AvgIpc) is 0.834. The Bertz CT molecular complexity index is 3490. The second kappa shape index (κ2) is 108. The molecule has 0 heterocycles. The fourth-order valence-corrected chi connectivity index (χ4v) is 13.6. The van der Waals surface area contributed by atoms with Crippen molar-refractivity contribution < 1.29 is 404 Å². The fourth-order valence-electron chi connectivity index (χ4n) is 13.6. The standard InChI is InChI=1S/C91H143N19O14.16W/c1-103(2)58-57-92-52-34-30-46-74(98-85(118)65-108(11)12)80(113)59-70(43-29-35-55-95-89(122)76(99-86(119)66-109(13)14)48-26-19-25-44-71(111)61-104(3)4)88(121)101-75(81(114)60-72(68-39-21-17-22-40-68)69-41-23-18-24-42-69)47-32-38-56-96-90(123)77(102-91(124)78(100-87(120)67-110(15)16)50-33-37-54-94-83(116)63-106(7)8)49-27-20-28-51-79(112)73(97-84(117)64-107(9)10)45-31-36-53-93-82(115)62-105(5)6;;;;;;;;;;;;;;;;/h17-18,21-24,39-42,70,72-78,92H,1-16,19-20,25-38,43-67H2,(H,93,115)(H,94,116)(H,95,122)(H,96,123)(H,97,117)(H,98,118)(H,99,119)(H,100,120)(H,101,121)(H,102,124);;;;;;;;;;;;;;;;/q-16;;;;;;;;;;;;;;;;. The Labute approximate surface area is 1070 Å². The zero-order chi connectivity index (χ0) is 92.3. The van der Waals surface area contributed by atoms with Gasteiger partial charge in [-0.15, -0.1) is 0 Å². The van der Waals surface area contributed by atoms with E-state index in [0.29, 0.717) is 116 Å². The van der Waals surface area contributed by atoms with E-state index in [-0.39, 0.29) is 515 Å². The maximum absolute atomic E-state index is 15.4. The van der Waals surface area contributed by atoms with Crippen molar-refractivity contribution in [3.8, 4) is 0 Å². The summed E-state index contributed by atoms with van der Waals surface area (Å²) in [5, 5.41) is 31.8. The van der Waals surface area contributed by atoms with Gasteiger partial charge in [-0.1, -0.05) is 92.8 Å². The molecule has 0 radical (unpaired) electrons. The molecule has 7 unspecified atom stereocenters. The number of carbonyl (C=O) groups excluding carboxylic acids is 14. The van der Waals surface area contributed by atoms with Gasteiger partial charge in [0.1, 0.15) is 23.9 Å². The van der Waals surface area contributed by atoms with Gasteiger partial charge >= 0.3 is 0 Å². The first-order chi connectivity index (χ1) is 58.9. The molecule has 0 aliphatic carbocycles. The third-order valence-corrected chi connectivity index (χ3v) is 19.9. The second-order valence-corrected chi connectivity index (χ2v) is 31.9. The van der Waals surface area contributed by atoms with E-state index >= 15 is 9.59 Å². The van der Waals surface area contributed by atoms with Gasteiger partial charge in [-0.3, -0.25) is 67.1 Å². The van der Waals surface area contributed by atoms with Crippen LogP contribution in [0.3, 0.4) is 0 Å². The maximum atomic E-state index is 15.4. The summed E-state index contributed by atoms with van der Waals surface area (Å²) in [4.78, 5) is 202. The van der Waals surface area contributed by atoms with E-state index in [2.05, 4.69) is 171 Å². The molecule has 140 heavy (non-hydrogen) atoms. The molecule has 10 amide bonds. The molecule has 0 spiro atoms. The number of nitrogens with zero attached hydrogens (tertiary/aromatic N) is 8. The van der Waals surface area contributed by atoms with Crippen LogP contribution in [0.25, 0.3) is 0 Å². The minimum absolute atomic E-state index is 0. The van der Waals surface area contributed by atoms with E-state index < -0.39 is 101 Å². The molecule has 33 nitrogen and oxygen atoms in total. The minimum Gasteiger partial charge on any atom is -0.610 e. The molecule has 0 saturated heterocycles. The average molecular weight is 4670 g/mol. The third-order valence-electron chi connectivity index (χ3n) is 19.9. The Morgan fingerprint density at radius 1 is 0.236 bits per heavy atom. The van der Waals surface area contributed by atoms with Crippen LogP contribution in [0.15, 0.2) is 60.7 Å². The fraction of sp³-hybridized carbons (Fsp3) is 0.538. The van der Waals surface area contributed by atoms with Crippen LogP contribution in [0.5, 0.6) is 0 Å². The van der Waals surface area contributed by atoms with Crippen LogP contribution >= 0.6 is 0 Å². The van der Waals surface area contributed by atoms with Gasteiger partial charge in [0.05, 0.1) is 18.1 Å². The Morgan fingerprint density at radius 3 is 0.879 bits per heavy atom. The largest absolute Gasteiger partial charge is 0.610 e. The molecule has 49 heteroatoms. The van der Waals surface area contributed by atoms with Crippen molar-refractivity contribution in [2.24, 2.45) is 5.92 Å². The quantitative estimate of drug-likeness (QED) is 0.0297. The molecule has 11 N–H and O–H groups in total. The summed E-state index contributed by atoms with van der Waals surface area (Å²) >= 11 is 0. The summed E-state index contributed by atoms with van der Waals surface area (Å²) in [5.41, 5.74) is 1.68. The zero-order valence-corrected chi connectivity index (χ0v) is 127. The number of carbonyl (C=O) groups is 14. The van der Waals surface area contributed by atoms with Gasteiger partial charge in [0.2, 0.25) is 59.1 Å². The molecule has 0 bridgehead atoms. The van der Waals surface area contributed by atoms with Crippen LogP contribution in [0.4, 0.5) is 0 Å². The smallest absolute Gasteiger partial charge is 0.243 e. The monoisotopic (exact) mass is 4670 g/mol. The molecule has 2 aromatic rings. The van der Waals surface area contributed by atoms with Gasteiger partial charge in [0.15, 0.2) is 17.3 Å². The number of Topliss-reactive ketones (excluding diaryl/α,β-unsaturated/α-hetero) is 4. The molecular weight excluding hydrogens is 4520 g/mol. The number of amides is 10. The molecule has 2 aromatic carbocycles. The molecular formula is C91H143N19O14W16-16. The molecule has 0 aliphatic heterocycles. The van der Waals surface area contributed by atoms with Crippen molar-refractivity contribution in [1.82, 2.24) is 97.7 Å². The SMILES string of the molecule is [CH2-]N([CH2-])CCNCCCCC(NC(=O)CN([CH2-])[CH2-])C(=O)CC(CCCCNC(=O)C(CCCCCC(=O)CN([CH2-])[CH2-])NC(=O)CN([CH2-])[CH2-])C(=O)NC(CCCCNC(=O)C(CCCCCC(=O)C(CCCCNC(=O)CN([CH2-])[CH2-])NC(=O)CN([CH2-])[CH2-])NC(=O)C(CCCCNC(=O)CN([CH2-])[CH2-])NC(=O)CN([CH2-])[CH2-])C(=O)CC(c1ccccc1)c1ccccc1.[W].[W].[W].[W].[W].[W].[W].[W].[W].[W].[W].[W].[W].[W].[W].[W]. The first-order valence-electron chi connectivity index (χ1n) is 42.8. The van der Waals surface area contributed by atoms with Crippen LogP contribution in [0, 0.1) is 119 Å². The number of hydrogen-bond acceptors (Lipinski definition) is 23. The van der Waals surface area contributed by atoms with E-state index in [9.17, 15) is 57.5 Å². The third kappa shape index (κ3) is 91.9. The van der Waals surface area contributed by atoms with Gasteiger partial charge in [0.25, 0.3) is 0 Å². The second-order valence-electron chi connectivity index (χ2n) is 31.9. The molecule has 7 atom stereocenters. The number of unbranched alkanes of at least 4 members (excludes halogenated alkanes) is 9. The summed E-state index contributed by atoms with van der Waals surface area (Å²) in [6, 6.07) is 12.5.